The minimum Gasteiger partial charge on any atom is -0.492 e. The highest BCUT2D eigenvalue weighted by atomic mass is 35.5. The predicted molar refractivity (Wildman–Crippen MR) is 67.9 cm³/mol. The van der Waals surface area contributed by atoms with Gasteiger partial charge in [-0.3, -0.25) is 0 Å². The fourth-order valence-electron chi connectivity index (χ4n) is 1.32. The smallest absolute Gasteiger partial charge is 0.120 e. The van der Waals surface area contributed by atoms with Crippen LogP contribution >= 0.6 is 11.6 Å². The molecule has 0 fully saturated rings. The zero-order valence-corrected chi connectivity index (χ0v) is 10.1. The van der Waals surface area contributed by atoms with Crippen LogP contribution in [0.25, 0.3) is 0 Å². The highest BCUT2D eigenvalue weighted by Crippen LogP contribution is 2.17. The van der Waals surface area contributed by atoms with Gasteiger partial charge in [-0.25, -0.2) is 0 Å². The fraction of sp³-hybridized carbons (Fsp3) is 0.385. The molecule has 3 heteroatoms. The number of hydrogen-bond donors (Lipinski definition) is 1. The molecular formula is C13H16ClNO. The van der Waals surface area contributed by atoms with Crippen LogP contribution < -0.4 is 10.1 Å². The van der Waals surface area contributed by atoms with E-state index in [9.17, 15) is 0 Å². The van der Waals surface area contributed by atoms with Crippen LogP contribution in [-0.2, 0) is 0 Å². The summed E-state index contributed by atoms with van der Waals surface area (Å²) in [7, 11) is 1.91. The van der Waals surface area contributed by atoms with Gasteiger partial charge in [-0.15, -0.1) is 12.3 Å². The molecule has 0 aliphatic carbocycles. The largest absolute Gasteiger partial charge is 0.492 e. The fourth-order valence-corrected chi connectivity index (χ4v) is 1.50. The molecule has 1 unspecified atom stereocenters. The van der Waals surface area contributed by atoms with Gasteiger partial charge < -0.3 is 10.1 Å². The van der Waals surface area contributed by atoms with E-state index in [1.807, 2.05) is 25.2 Å². The van der Waals surface area contributed by atoms with Gasteiger partial charge in [0.05, 0.1) is 0 Å². The number of rotatable bonds is 6. The van der Waals surface area contributed by atoms with E-state index in [0.717, 1.165) is 18.6 Å². The van der Waals surface area contributed by atoms with Crippen molar-refractivity contribution in [3.05, 3.63) is 29.3 Å². The molecular weight excluding hydrogens is 222 g/mol. The molecule has 0 amide bonds. The van der Waals surface area contributed by atoms with Crippen molar-refractivity contribution in [3.63, 3.8) is 0 Å². The van der Waals surface area contributed by atoms with E-state index < -0.39 is 0 Å². The SMILES string of the molecule is C#CCCC(COc1cccc(Cl)c1)NC. The molecule has 1 N–H and O–H groups in total. The molecule has 0 aromatic heterocycles. The maximum absolute atomic E-state index is 5.86. The maximum Gasteiger partial charge on any atom is 0.120 e. The first-order chi connectivity index (χ1) is 7.76. The van der Waals surface area contributed by atoms with E-state index in [4.69, 9.17) is 22.8 Å². The molecule has 1 aromatic carbocycles. The van der Waals surface area contributed by atoms with Gasteiger partial charge in [0.2, 0.25) is 0 Å². The van der Waals surface area contributed by atoms with Gasteiger partial charge in [0.25, 0.3) is 0 Å². The monoisotopic (exact) mass is 237 g/mol. The molecule has 0 aliphatic rings. The average molecular weight is 238 g/mol. The van der Waals surface area contributed by atoms with Crippen LogP contribution in [0.4, 0.5) is 0 Å². The third kappa shape index (κ3) is 4.57. The topological polar surface area (TPSA) is 21.3 Å². The van der Waals surface area contributed by atoms with Gasteiger partial charge in [-0.2, -0.15) is 0 Å². The molecule has 0 saturated carbocycles. The van der Waals surface area contributed by atoms with Crippen molar-refractivity contribution >= 4 is 11.6 Å². The molecule has 16 heavy (non-hydrogen) atoms. The Morgan fingerprint density at radius 1 is 1.56 bits per heavy atom. The van der Waals surface area contributed by atoms with Gasteiger partial charge in [0.15, 0.2) is 0 Å². The summed E-state index contributed by atoms with van der Waals surface area (Å²) in [6.45, 7) is 0.596. The van der Waals surface area contributed by atoms with Crippen molar-refractivity contribution in [1.29, 1.82) is 0 Å². The Bertz CT molecular complexity index is 359. The minimum atomic E-state index is 0.273. The van der Waals surface area contributed by atoms with E-state index in [0.29, 0.717) is 11.6 Å². The van der Waals surface area contributed by atoms with Crippen molar-refractivity contribution in [1.82, 2.24) is 5.32 Å². The van der Waals surface area contributed by atoms with Crippen LogP contribution in [-0.4, -0.2) is 19.7 Å². The summed E-state index contributed by atoms with van der Waals surface area (Å²) < 4.78 is 5.62. The number of hydrogen-bond acceptors (Lipinski definition) is 2. The van der Waals surface area contributed by atoms with Crippen molar-refractivity contribution < 1.29 is 4.74 Å². The second-order valence-electron chi connectivity index (χ2n) is 3.50. The number of terminal acetylenes is 1. The molecule has 0 heterocycles. The second-order valence-corrected chi connectivity index (χ2v) is 3.93. The zero-order valence-electron chi connectivity index (χ0n) is 9.37. The lowest BCUT2D eigenvalue weighted by atomic mass is 10.2. The minimum absolute atomic E-state index is 0.273. The Labute approximate surface area is 102 Å². The van der Waals surface area contributed by atoms with Crippen LogP contribution in [0, 0.1) is 12.3 Å². The van der Waals surface area contributed by atoms with Crippen LogP contribution in [0.2, 0.25) is 5.02 Å². The zero-order chi connectivity index (χ0) is 11.8. The van der Waals surface area contributed by atoms with Crippen molar-refractivity contribution in [2.24, 2.45) is 0 Å². The molecule has 2 nitrogen and oxygen atoms in total. The summed E-state index contributed by atoms with van der Waals surface area (Å²) in [6.07, 6.45) is 6.89. The van der Waals surface area contributed by atoms with Crippen molar-refractivity contribution in [2.45, 2.75) is 18.9 Å². The highest BCUT2D eigenvalue weighted by molar-refractivity contribution is 6.30. The van der Waals surface area contributed by atoms with Crippen molar-refractivity contribution in [3.8, 4) is 18.1 Å². The molecule has 0 bridgehead atoms. The second kappa shape index (κ2) is 7.16. The van der Waals surface area contributed by atoms with Crippen LogP contribution in [0.3, 0.4) is 0 Å². The molecule has 0 radical (unpaired) electrons. The summed E-state index contributed by atoms with van der Waals surface area (Å²) in [4.78, 5) is 0. The van der Waals surface area contributed by atoms with E-state index in [1.54, 1.807) is 6.07 Å². The Hall–Kier alpha value is -1.17. The molecule has 86 valence electrons. The van der Waals surface area contributed by atoms with Gasteiger partial charge in [-0.05, 0) is 31.7 Å². The number of benzene rings is 1. The Balaban J connectivity index is 2.40. The van der Waals surface area contributed by atoms with E-state index in [1.165, 1.54) is 0 Å². The lowest BCUT2D eigenvalue weighted by Crippen LogP contribution is -2.31. The lowest BCUT2D eigenvalue weighted by molar-refractivity contribution is 0.264. The lowest BCUT2D eigenvalue weighted by Gasteiger charge is -2.15. The molecule has 0 saturated heterocycles. The van der Waals surface area contributed by atoms with Gasteiger partial charge in [-0.1, -0.05) is 17.7 Å². The number of nitrogens with one attached hydrogen (secondary N) is 1. The molecule has 1 atom stereocenters. The Kier molecular flexibility index (Phi) is 5.77. The number of ether oxygens (including phenoxy) is 1. The first-order valence-corrected chi connectivity index (χ1v) is 5.63. The summed E-state index contributed by atoms with van der Waals surface area (Å²) in [6, 6.07) is 7.65. The number of halogens is 1. The first kappa shape index (κ1) is 12.9. The maximum atomic E-state index is 5.86. The summed E-state index contributed by atoms with van der Waals surface area (Å²) in [5, 5.41) is 3.85. The molecule has 0 spiro atoms. The first-order valence-electron chi connectivity index (χ1n) is 5.25. The molecule has 0 aliphatic heterocycles. The summed E-state index contributed by atoms with van der Waals surface area (Å²) >= 11 is 5.86. The standard InChI is InChI=1S/C13H16ClNO/c1-3-4-7-12(15-2)10-16-13-8-5-6-11(14)9-13/h1,5-6,8-9,12,15H,4,7,10H2,2H3. The third-order valence-corrected chi connectivity index (χ3v) is 2.53. The van der Waals surface area contributed by atoms with Gasteiger partial charge >= 0.3 is 0 Å². The van der Waals surface area contributed by atoms with Crippen molar-refractivity contribution in [2.75, 3.05) is 13.7 Å². The predicted octanol–water partition coefficient (Wildman–Crippen LogP) is 2.72. The quantitative estimate of drug-likeness (QED) is 0.769. The Morgan fingerprint density at radius 2 is 2.38 bits per heavy atom. The normalized spacial score (nSPS) is 11.8. The average Bonchev–Trinajstić information content (AvgIpc) is 2.29. The third-order valence-electron chi connectivity index (χ3n) is 2.29. The van der Waals surface area contributed by atoms with Gasteiger partial charge in [0.1, 0.15) is 12.4 Å². The van der Waals surface area contributed by atoms with E-state index in [-0.39, 0.29) is 6.04 Å². The van der Waals surface area contributed by atoms with Crippen LogP contribution in [0.1, 0.15) is 12.8 Å². The molecule has 1 aromatic rings. The highest BCUT2D eigenvalue weighted by Gasteiger charge is 2.06. The summed E-state index contributed by atoms with van der Waals surface area (Å²) in [5.74, 6) is 3.41. The molecule has 1 rings (SSSR count). The number of likely N-dealkylation sites (N-methyl/N-ethyl adjacent to an activating group) is 1. The van der Waals surface area contributed by atoms with Gasteiger partial charge in [0, 0.05) is 17.5 Å². The van der Waals surface area contributed by atoms with Crippen LogP contribution in [0.15, 0.2) is 24.3 Å². The van der Waals surface area contributed by atoms with Crippen LogP contribution in [0.5, 0.6) is 5.75 Å². The van der Waals surface area contributed by atoms with E-state index >= 15 is 0 Å². The Morgan fingerprint density at radius 3 is 3.00 bits per heavy atom. The van der Waals surface area contributed by atoms with E-state index in [2.05, 4.69) is 11.2 Å². The summed E-state index contributed by atoms with van der Waals surface area (Å²) in [5.41, 5.74) is 0.